The maximum atomic E-state index is 12.3. The average molecular weight is 262 g/mol. The summed E-state index contributed by atoms with van der Waals surface area (Å²) in [6, 6.07) is 1.40. The van der Waals surface area contributed by atoms with Crippen molar-refractivity contribution in [3.8, 4) is 0 Å². The molecule has 0 radical (unpaired) electrons. The van der Waals surface area contributed by atoms with Gasteiger partial charge in [0.05, 0.1) is 0 Å². The fourth-order valence-electron chi connectivity index (χ4n) is 2.70. The standard InChI is InChI=1S/C15H22N2O2/c1-15(2,3)11-5-8-17(9-6-11)14(19)12-10-16-7-4-13(12)18/h4,7,10-11H,5-6,8-9H2,1-3H3,(H,16,18). The molecular weight excluding hydrogens is 240 g/mol. The molecule has 1 saturated heterocycles. The van der Waals surface area contributed by atoms with Crippen LogP contribution >= 0.6 is 0 Å². The molecule has 0 unspecified atom stereocenters. The van der Waals surface area contributed by atoms with Gasteiger partial charge in [-0.3, -0.25) is 9.59 Å². The van der Waals surface area contributed by atoms with Gasteiger partial charge in [-0.25, -0.2) is 0 Å². The second kappa shape index (κ2) is 5.19. The first kappa shape index (κ1) is 13.8. The number of carbonyl (C=O) groups is 1. The number of amides is 1. The van der Waals surface area contributed by atoms with E-state index in [1.165, 1.54) is 12.3 Å². The topological polar surface area (TPSA) is 53.2 Å². The van der Waals surface area contributed by atoms with Gasteiger partial charge in [0.2, 0.25) is 0 Å². The summed E-state index contributed by atoms with van der Waals surface area (Å²) >= 11 is 0. The minimum Gasteiger partial charge on any atom is -0.367 e. The number of pyridine rings is 1. The number of hydrogen-bond donors (Lipinski definition) is 1. The molecule has 0 atom stereocenters. The summed E-state index contributed by atoms with van der Waals surface area (Å²) in [5.74, 6) is 0.500. The molecule has 0 bridgehead atoms. The first-order valence-electron chi connectivity index (χ1n) is 6.86. The highest BCUT2D eigenvalue weighted by Crippen LogP contribution is 2.34. The molecule has 2 rings (SSSR count). The number of carbonyl (C=O) groups excluding carboxylic acids is 1. The molecule has 0 aromatic carbocycles. The number of hydrogen-bond acceptors (Lipinski definition) is 2. The van der Waals surface area contributed by atoms with Crippen molar-refractivity contribution < 1.29 is 4.79 Å². The summed E-state index contributed by atoms with van der Waals surface area (Å²) < 4.78 is 0. The SMILES string of the molecule is CC(C)(C)C1CCN(C(=O)c2c[nH]ccc2=O)CC1. The first-order chi connectivity index (χ1) is 8.89. The van der Waals surface area contributed by atoms with Crippen LogP contribution in [0.3, 0.4) is 0 Å². The number of nitrogens with one attached hydrogen (secondary N) is 1. The third-order valence-corrected chi connectivity index (χ3v) is 4.06. The van der Waals surface area contributed by atoms with Gasteiger partial charge in [0, 0.05) is 31.5 Å². The molecule has 4 heteroatoms. The third kappa shape index (κ3) is 3.06. The van der Waals surface area contributed by atoms with Crippen LogP contribution in [0.5, 0.6) is 0 Å². The van der Waals surface area contributed by atoms with Crippen LogP contribution in [0, 0.1) is 11.3 Å². The largest absolute Gasteiger partial charge is 0.367 e. The molecule has 0 saturated carbocycles. The smallest absolute Gasteiger partial charge is 0.259 e. The number of nitrogens with zero attached hydrogens (tertiary/aromatic N) is 1. The first-order valence-corrected chi connectivity index (χ1v) is 6.86. The number of H-pyrrole nitrogens is 1. The lowest BCUT2D eigenvalue weighted by Gasteiger charge is -2.38. The maximum Gasteiger partial charge on any atom is 0.259 e. The Morgan fingerprint density at radius 3 is 2.47 bits per heavy atom. The van der Waals surface area contributed by atoms with Gasteiger partial charge in [-0.05, 0) is 24.2 Å². The third-order valence-electron chi connectivity index (χ3n) is 4.06. The van der Waals surface area contributed by atoms with Crippen molar-refractivity contribution in [3.63, 3.8) is 0 Å². The molecule has 4 nitrogen and oxygen atoms in total. The quantitative estimate of drug-likeness (QED) is 0.844. The molecule has 19 heavy (non-hydrogen) atoms. The zero-order valence-electron chi connectivity index (χ0n) is 11.9. The summed E-state index contributed by atoms with van der Waals surface area (Å²) in [5, 5.41) is 0. The monoisotopic (exact) mass is 262 g/mol. The van der Waals surface area contributed by atoms with E-state index in [4.69, 9.17) is 0 Å². The Morgan fingerprint density at radius 1 is 1.32 bits per heavy atom. The van der Waals surface area contributed by atoms with Crippen LogP contribution in [0.25, 0.3) is 0 Å². The zero-order chi connectivity index (χ0) is 14.0. The van der Waals surface area contributed by atoms with Gasteiger partial charge < -0.3 is 9.88 Å². The molecule has 0 aliphatic carbocycles. The highest BCUT2D eigenvalue weighted by atomic mass is 16.2. The van der Waals surface area contributed by atoms with E-state index in [9.17, 15) is 9.59 Å². The fourth-order valence-corrected chi connectivity index (χ4v) is 2.70. The Bertz CT molecular complexity index is 505. The van der Waals surface area contributed by atoms with E-state index in [2.05, 4.69) is 25.8 Å². The van der Waals surface area contributed by atoms with E-state index >= 15 is 0 Å². The molecule has 0 spiro atoms. The van der Waals surface area contributed by atoms with E-state index in [0.717, 1.165) is 25.9 Å². The van der Waals surface area contributed by atoms with Gasteiger partial charge in [-0.15, -0.1) is 0 Å². The Balaban J connectivity index is 2.05. The molecule has 1 aliphatic heterocycles. The summed E-state index contributed by atoms with van der Waals surface area (Å²) in [6.45, 7) is 8.23. The molecular formula is C15H22N2O2. The summed E-state index contributed by atoms with van der Waals surface area (Å²) in [4.78, 5) is 28.5. The lowest BCUT2D eigenvalue weighted by molar-refractivity contribution is 0.0607. The van der Waals surface area contributed by atoms with Crippen molar-refractivity contribution in [2.75, 3.05) is 13.1 Å². The Kier molecular flexibility index (Phi) is 3.78. The molecule has 2 heterocycles. The predicted molar refractivity (Wildman–Crippen MR) is 75.1 cm³/mol. The van der Waals surface area contributed by atoms with Gasteiger partial charge in [-0.1, -0.05) is 20.8 Å². The van der Waals surface area contributed by atoms with Gasteiger partial charge in [0.25, 0.3) is 5.91 Å². The molecule has 1 N–H and O–H groups in total. The van der Waals surface area contributed by atoms with Crippen LogP contribution in [0.15, 0.2) is 23.3 Å². The predicted octanol–water partition coefficient (Wildman–Crippen LogP) is 2.27. The van der Waals surface area contributed by atoms with Gasteiger partial charge in [0.15, 0.2) is 5.43 Å². The van der Waals surface area contributed by atoms with E-state index < -0.39 is 0 Å². The molecule has 1 fully saturated rings. The number of aromatic nitrogens is 1. The van der Waals surface area contributed by atoms with Gasteiger partial charge in [0.1, 0.15) is 5.56 Å². The molecule has 104 valence electrons. The summed E-state index contributed by atoms with van der Waals surface area (Å²) in [6.07, 6.45) is 5.07. The van der Waals surface area contributed by atoms with Crippen LogP contribution in [-0.4, -0.2) is 28.9 Å². The van der Waals surface area contributed by atoms with Crippen LogP contribution in [0.2, 0.25) is 0 Å². The second-order valence-corrected chi connectivity index (χ2v) is 6.35. The van der Waals surface area contributed by atoms with Crippen LogP contribution in [-0.2, 0) is 0 Å². The average Bonchev–Trinajstić information content (AvgIpc) is 2.38. The summed E-state index contributed by atoms with van der Waals surface area (Å²) in [5.41, 5.74) is 0.331. The molecule has 1 amide bonds. The highest BCUT2D eigenvalue weighted by Gasteiger charge is 2.31. The normalized spacial score (nSPS) is 17.5. The lowest BCUT2D eigenvalue weighted by Crippen LogP contribution is -2.42. The van der Waals surface area contributed by atoms with E-state index in [0.29, 0.717) is 11.3 Å². The second-order valence-electron chi connectivity index (χ2n) is 6.35. The summed E-state index contributed by atoms with van der Waals surface area (Å²) in [7, 11) is 0. The van der Waals surface area contributed by atoms with E-state index in [1.807, 2.05) is 0 Å². The van der Waals surface area contributed by atoms with Gasteiger partial charge in [-0.2, -0.15) is 0 Å². The minimum absolute atomic E-state index is 0.144. The zero-order valence-corrected chi connectivity index (χ0v) is 11.9. The number of aromatic amines is 1. The van der Waals surface area contributed by atoms with Crippen molar-refractivity contribution in [3.05, 3.63) is 34.2 Å². The number of likely N-dealkylation sites (tertiary alicyclic amines) is 1. The van der Waals surface area contributed by atoms with E-state index in [1.54, 1.807) is 11.1 Å². The van der Waals surface area contributed by atoms with E-state index in [-0.39, 0.29) is 16.9 Å². The van der Waals surface area contributed by atoms with Crippen LogP contribution < -0.4 is 5.43 Å². The highest BCUT2D eigenvalue weighted by molar-refractivity contribution is 5.93. The Morgan fingerprint density at radius 2 is 1.95 bits per heavy atom. The van der Waals surface area contributed by atoms with Crippen molar-refractivity contribution in [2.24, 2.45) is 11.3 Å². The van der Waals surface area contributed by atoms with Crippen LogP contribution in [0.4, 0.5) is 0 Å². The Labute approximate surface area is 113 Å². The van der Waals surface area contributed by atoms with Crippen molar-refractivity contribution in [1.29, 1.82) is 0 Å². The molecule has 1 aromatic rings. The van der Waals surface area contributed by atoms with Crippen molar-refractivity contribution >= 4 is 5.91 Å². The number of piperidine rings is 1. The van der Waals surface area contributed by atoms with Crippen molar-refractivity contribution in [2.45, 2.75) is 33.6 Å². The van der Waals surface area contributed by atoms with Crippen LogP contribution in [0.1, 0.15) is 44.0 Å². The number of rotatable bonds is 1. The minimum atomic E-state index is -0.207. The Hall–Kier alpha value is -1.58. The molecule has 1 aromatic heterocycles. The van der Waals surface area contributed by atoms with Crippen molar-refractivity contribution in [1.82, 2.24) is 9.88 Å². The molecule has 1 aliphatic rings. The maximum absolute atomic E-state index is 12.3. The van der Waals surface area contributed by atoms with Gasteiger partial charge >= 0.3 is 0 Å². The lowest BCUT2D eigenvalue weighted by atomic mass is 9.75. The fraction of sp³-hybridized carbons (Fsp3) is 0.600.